The van der Waals surface area contributed by atoms with Crippen LogP contribution in [0.2, 0.25) is 0 Å². The molecule has 2 aromatic heterocycles. The molecule has 1 unspecified atom stereocenters. The van der Waals surface area contributed by atoms with E-state index in [4.69, 9.17) is 9.15 Å². The normalized spacial score (nSPS) is 12.2. The fourth-order valence-corrected chi connectivity index (χ4v) is 2.23. The largest absolute Gasteiger partial charge is 0.461 e. The van der Waals surface area contributed by atoms with Crippen LogP contribution in [0.1, 0.15) is 40.3 Å². The van der Waals surface area contributed by atoms with Gasteiger partial charge in [0.1, 0.15) is 11.3 Å². The predicted octanol–water partition coefficient (Wildman–Crippen LogP) is 2.79. The van der Waals surface area contributed by atoms with E-state index in [2.05, 4.69) is 15.3 Å². The van der Waals surface area contributed by atoms with Gasteiger partial charge in [-0.15, -0.1) is 11.3 Å². The Bertz CT molecular complexity index is 564. The van der Waals surface area contributed by atoms with E-state index in [-0.39, 0.29) is 17.8 Å². The molecule has 1 atom stereocenters. The number of esters is 1. The second-order valence-electron chi connectivity index (χ2n) is 3.93. The molecule has 0 saturated carbocycles. The number of nitrogens with one attached hydrogen (secondary N) is 1. The Kier molecular flexibility index (Phi) is 4.16. The predicted molar refractivity (Wildman–Crippen MR) is 71.3 cm³/mol. The highest BCUT2D eigenvalue weighted by Crippen LogP contribution is 2.22. The van der Waals surface area contributed by atoms with Gasteiger partial charge >= 0.3 is 5.97 Å². The van der Waals surface area contributed by atoms with Crippen LogP contribution in [0.5, 0.6) is 0 Å². The first kappa shape index (κ1) is 13.5. The maximum absolute atomic E-state index is 11.4. The number of thiazole rings is 1. The highest BCUT2D eigenvalue weighted by Gasteiger charge is 2.16. The van der Waals surface area contributed by atoms with E-state index in [1.54, 1.807) is 18.3 Å². The third-order valence-electron chi connectivity index (χ3n) is 2.34. The van der Waals surface area contributed by atoms with Crippen LogP contribution >= 0.6 is 11.3 Å². The van der Waals surface area contributed by atoms with Crippen molar-refractivity contribution >= 4 is 23.3 Å². The number of nitrogens with zero attached hydrogens (tertiary/aromatic N) is 2. The number of carbonyl (C=O) groups is 1. The van der Waals surface area contributed by atoms with Gasteiger partial charge in [-0.25, -0.2) is 9.78 Å². The zero-order valence-electron chi connectivity index (χ0n) is 11.0. The molecule has 0 spiro atoms. The molecule has 0 aromatic carbocycles. The number of oxazole rings is 1. The lowest BCUT2D eigenvalue weighted by Crippen LogP contribution is -2.08. The van der Waals surface area contributed by atoms with Gasteiger partial charge in [-0.05, 0) is 20.8 Å². The van der Waals surface area contributed by atoms with Crippen LogP contribution < -0.4 is 5.32 Å². The number of hydrogen-bond donors (Lipinski definition) is 1. The molecule has 2 aromatic rings. The Hall–Kier alpha value is -1.89. The molecule has 0 aliphatic heterocycles. The first-order valence-corrected chi connectivity index (χ1v) is 6.73. The number of carbonyl (C=O) groups excluding carboxylic acids is 1. The lowest BCUT2D eigenvalue weighted by molar-refractivity contribution is 0.0519. The Morgan fingerprint density at radius 2 is 2.42 bits per heavy atom. The van der Waals surface area contributed by atoms with E-state index < -0.39 is 5.97 Å². The van der Waals surface area contributed by atoms with Gasteiger partial charge in [-0.1, -0.05) is 0 Å². The van der Waals surface area contributed by atoms with Gasteiger partial charge in [0, 0.05) is 11.1 Å². The van der Waals surface area contributed by atoms with E-state index in [1.807, 2.05) is 20.0 Å². The van der Waals surface area contributed by atoms with Gasteiger partial charge in [0.25, 0.3) is 6.01 Å². The molecule has 0 aliphatic rings. The van der Waals surface area contributed by atoms with Gasteiger partial charge in [0.05, 0.1) is 12.6 Å². The highest BCUT2D eigenvalue weighted by molar-refractivity contribution is 7.11. The van der Waals surface area contributed by atoms with Crippen molar-refractivity contribution in [1.82, 2.24) is 9.97 Å². The first-order valence-electron chi connectivity index (χ1n) is 5.91. The summed E-state index contributed by atoms with van der Waals surface area (Å²) in [5.74, 6) is -0.489. The number of hydrogen-bond acceptors (Lipinski definition) is 7. The summed E-state index contributed by atoms with van der Waals surface area (Å²) in [5, 5.41) is 3.99. The first-order chi connectivity index (χ1) is 9.10. The van der Waals surface area contributed by atoms with Crippen molar-refractivity contribution in [2.24, 2.45) is 0 Å². The Balaban J connectivity index is 2.01. The van der Waals surface area contributed by atoms with Gasteiger partial charge in [-0.3, -0.25) is 0 Å². The summed E-state index contributed by atoms with van der Waals surface area (Å²) in [6.45, 7) is 6.00. The number of aromatic nitrogens is 2. The summed E-state index contributed by atoms with van der Waals surface area (Å²) in [4.78, 5) is 20.9. The smallest absolute Gasteiger partial charge is 0.360 e. The van der Waals surface area contributed by atoms with Gasteiger partial charge in [0.2, 0.25) is 0 Å². The Morgan fingerprint density at radius 3 is 3.05 bits per heavy atom. The molecule has 1 N–H and O–H groups in total. The Labute approximate surface area is 114 Å². The molecule has 0 bridgehead atoms. The molecule has 102 valence electrons. The number of anilines is 1. The van der Waals surface area contributed by atoms with Crippen molar-refractivity contribution in [3.05, 3.63) is 28.0 Å². The zero-order chi connectivity index (χ0) is 13.8. The van der Waals surface area contributed by atoms with Crippen LogP contribution in [0.15, 0.2) is 16.9 Å². The van der Waals surface area contributed by atoms with Gasteiger partial charge < -0.3 is 14.5 Å². The summed E-state index contributed by atoms with van der Waals surface area (Å²) in [6.07, 6.45) is 3.10. The van der Waals surface area contributed by atoms with Crippen molar-refractivity contribution in [3.63, 3.8) is 0 Å². The standard InChI is InChI=1S/C12H15N3O3S/c1-4-17-11(16)9-6-18-12(15-9)14-8(3)10-13-5-7(2)19-10/h5-6,8H,4H2,1-3H3,(H,14,15). The SMILES string of the molecule is CCOC(=O)c1coc(NC(C)c2ncc(C)s2)n1. The monoisotopic (exact) mass is 281 g/mol. The van der Waals surface area contributed by atoms with Crippen molar-refractivity contribution < 1.29 is 13.9 Å². The summed E-state index contributed by atoms with van der Waals surface area (Å²) < 4.78 is 10.0. The van der Waals surface area contributed by atoms with Crippen molar-refractivity contribution in [2.45, 2.75) is 26.8 Å². The molecule has 6 nitrogen and oxygen atoms in total. The fraction of sp³-hybridized carbons (Fsp3) is 0.417. The lowest BCUT2D eigenvalue weighted by atomic mass is 10.4. The second kappa shape index (κ2) is 5.83. The molecule has 0 aliphatic carbocycles. The van der Waals surface area contributed by atoms with E-state index in [0.29, 0.717) is 6.61 Å². The maximum atomic E-state index is 11.4. The van der Waals surface area contributed by atoms with E-state index in [1.165, 1.54) is 6.26 Å². The van der Waals surface area contributed by atoms with Crippen LogP contribution in [0.25, 0.3) is 0 Å². The zero-order valence-corrected chi connectivity index (χ0v) is 11.8. The summed E-state index contributed by atoms with van der Waals surface area (Å²) in [6, 6.07) is 0.246. The third kappa shape index (κ3) is 3.31. The maximum Gasteiger partial charge on any atom is 0.360 e. The molecule has 0 fully saturated rings. The van der Waals surface area contributed by atoms with Crippen molar-refractivity contribution in [1.29, 1.82) is 0 Å². The quantitative estimate of drug-likeness (QED) is 0.849. The molecule has 0 radical (unpaired) electrons. The van der Waals surface area contributed by atoms with Crippen LogP contribution in [0.4, 0.5) is 6.01 Å². The molecule has 19 heavy (non-hydrogen) atoms. The number of ether oxygens (including phenoxy) is 1. The molecule has 7 heteroatoms. The van der Waals surface area contributed by atoms with Crippen LogP contribution in [-0.2, 0) is 4.74 Å². The van der Waals surface area contributed by atoms with E-state index in [0.717, 1.165) is 9.88 Å². The molecule has 0 saturated heterocycles. The van der Waals surface area contributed by atoms with Crippen LogP contribution in [0.3, 0.4) is 0 Å². The van der Waals surface area contributed by atoms with Crippen LogP contribution in [0, 0.1) is 6.92 Å². The Morgan fingerprint density at radius 1 is 1.63 bits per heavy atom. The second-order valence-corrected chi connectivity index (χ2v) is 5.20. The fourth-order valence-electron chi connectivity index (χ4n) is 1.46. The number of aryl methyl sites for hydroxylation is 1. The topological polar surface area (TPSA) is 77.2 Å². The summed E-state index contributed by atoms with van der Waals surface area (Å²) in [7, 11) is 0. The van der Waals surface area contributed by atoms with Crippen molar-refractivity contribution in [3.8, 4) is 0 Å². The third-order valence-corrected chi connectivity index (χ3v) is 3.43. The minimum atomic E-state index is -0.489. The number of rotatable bonds is 5. The highest BCUT2D eigenvalue weighted by atomic mass is 32.1. The molecular weight excluding hydrogens is 266 g/mol. The minimum Gasteiger partial charge on any atom is -0.461 e. The molecule has 2 rings (SSSR count). The minimum absolute atomic E-state index is 0.0348. The van der Waals surface area contributed by atoms with Gasteiger partial charge in [-0.2, -0.15) is 4.98 Å². The summed E-state index contributed by atoms with van der Waals surface area (Å²) >= 11 is 1.60. The average Bonchev–Trinajstić information content (AvgIpc) is 2.98. The molecular formula is C12H15N3O3S. The molecule has 2 heterocycles. The van der Waals surface area contributed by atoms with Crippen molar-refractivity contribution in [2.75, 3.05) is 11.9 Å². The van der Waals surface area contributed by atoms with E-state index in [9.17, 15) is 4.79 Å². The summed E-state index contributed by atoms with van der Waals surface area (Å²) in [5.41, 5.74) is 0.159. The van der Waals surface area contributed by atoms with E-state index >= 15 is 0 Å². The molecule has 0 amide bonds. The lowest BCUT2D eigenvalue weighted by Gasteiger charge is -2.07. The average molecular weight is 281 g/mol. The van der Waals surface area contributed by atoms with Crippen LogP contribution in [-0.4, -0.2) is 22.5 Å². The van der Waals surface area contributed by atoms with Gasteiger partial charge in [0.15, 0.2) is 5.69 Å².